The third-order valence-electron chi connectivity index (χ3n) is 3.63. The zero-order valence-corrected chi connectivity index (χ0v) is 14.1. The molecule has 0 aliphatic rings. The van der Waals surface area contributed by atoms with E-state index in [1.54, 1.807) is 36.7 Å². The van der Waals surface area contributed by atoms with E-state index in [2.05, 4.69) is 10.3 Å². The monoisotopic (exact) mass is 352 g/mol. The van der Waals surface area contributed by atoms with Crippen molar-refractivity contribution >= 4 is 11.6 Å². The van der Waals surface area contributed by atoms with Crippen molar-refractivity contribution in [3.8, 4) is 11.5 Å². The number of nitrogens with zero attached hydrogens (tertiary/aromatic N) is 1. The van der Waals surface area contributed by atoms with E-state index >= 15 is 0 Å². The van der Waals surface area contributed by atoms with Gasteiger partial charge in [0.15, 0.2) is 11.6 Å². The van der Waals surface area contributed by atoms with Crippen LogP contribution in [-0.2, 0) is 6.61 Å². The van der Waals surface area contributed by atoms with E-state index in [1.165, 1.54) is 19.2 Å². The smallest absolute Gasteiger partial charge is 0.255 e. The molecule has 26 heavy (non-hydrogen) atoms. The number of anilines is 1. The Morgan fingerprint density at radius 2 is 2.04 bits per heavy atom. The van der Waals surface area contributed by atoms with Gasteiger partial charge in [0, 0.05) is 35.3 Å². The largest absolute Gasteiger partial charge is 0.494 e. The van der Waals surface area contributed by atoms with Gasteiger partial charge in [-0.05, 0) is 36.4 Å². The number of pyridine rings is 1. The Labute approximate surface area is 150 Å². The van der Waals surface area contributed by atoms with Crippen molar-refractivity contribution in [3.05, 3.63) is 83.9 Å². The van der Waals surface area contributed by atoms with E-state index in [1.807, 2.05) is 12.1 Å². The summed E-state index contributed by atoms with van der Waals surface area (Å²) in [5.41, 5.74) is 1.69. The van der Waals surface area contributed by atoms with Crippen LogP contribution in [0.2, 0.25) is 0 Å². The molecule has 6 heteroatoms. The molecular weight excluding hydrogens is 335 g/mol. The minimum atomic E-state index is -0.589. The van der Waals surface area contributed by atoms with Crippen LogP contribution < -0.4 is 14.8 Å². The number of carbonyl (C=O) groups excluding carboxylic acids is 1. The molecule has 0 atom stereocenters. The normalized spacial score (nSPS) is 10.2. The molecule has 1 heterocycles. The fraction of sp³-hybridized carbons (Fsp3) is 0.100. The zero-order chi connectivity index (χ0) is 18.4. The van der Waals surface area contributed by atoms with Crippen molar-refractivity contribution in [2.24, 2.45) is 0 Å². The number of aromatic nitrogens is 1. The third kappa shape index (κ3) is 4.36. The summed E-state index contributed by atoms with van der Waals surface area (Å²) >= 11 is 0. The summed E-state index contributed by atoms with van der Waals surface area (Å²) in [6.07, 6.45) is 3.42. The third-order valence-corrected chi connectivity index (χ3v) is 3.63. The van der Waals surface area contributed by atoms with Gasteiger partial charge in [-0.15, -0.1) is 0 Å². The quantitative estimate of drug-likeness (QED) is 0.727. The number of halogens is 1. The van der Waals surface area contributed by atoms with Crippen LogP contribution in [0.4, 0.5) is 10.1 Å². The number of hydrogen-bond donors (Lipinski definition) is 1. The van der Waals surface area contributed by atoms with E-state index in [0.29, 0.717) is 18.0 Å². The van der Waals surface area contributed by atoms with Gasteiger partial charge in [-0.25, -0.2) is 4.39 Å². The lowest BCUT2D eigenvalue weighted by Crippen LogP contribution is -2.12. The van der Waals surface area contributed by atoms with E-state index in [-0.39, 0.29) is 11.3 Å². The Balaban J connectivity index is 1.66. The van der Waals surface area contributed by atoms with Crippen molar-refractivity contribution in [2.45, 2.75) is 6.61 Å². The summed E-state index contributed by atoms with van der Waals surface area (Å²) < 4.78 is 24.3. The maximum atomic E-state index is 13.7. The molecule has 1 N–H and O–H groups in total. The van der Waals surface area contributed by atoms with Crippen LogP contribution in [0, 0.1) is 5.82 Å². The first-order valence-electron chi connectivity index (χ1n) is 7.92. The van der Waals surface area contributed by atoms with Gasteiger partial charge in [0.05, 0.1) is 7.11 Å². The maximum absolute atomic E-state index is 13.7. The van der Waals surface area contributed by atoms with E-state index in [0.717, 1.165) is 11.6 Å². The molecule has 1 aromatic heterocycles. The Hall–Kier alpha value is -3.41. The van der Waals surface area contributed by atoms with Crippen LogP contribution in [-0.4, -0.2) is 18.0 Å². The molecule has 3 rings (SSSR count). The van der Waals surface area contributed by atoms with Crippen molar-refractivity contribution in [2.75, 3.05) is 12.4 Å². The molecule has 1 amide bonds. The highest BCUT2D eigenvalue weighted by Gasteiger charge is 2.11. The average Bonchev–Trinajstić information content (AvgIpc) is 2.67. The Kier molecular flexibility index (Phi) is 5.43. The molecule has 0 spiro atoms. The fourth-order valence-electron chi connectivity index (χ4n) is 2.32. The number of benzene rings is 2. The van der Waals surface area contributed by atoms with E-state index in [4.69, 9.17) is 9.47 Å². The summed E-state index contributed by atoms with van der Waals surface area (Å²) in [7, 11) is 1.37. The number of ether oxygens (including phenoxy) is 2. The van der Waals surface area contributed by atoms with Gasteiger partial charge < -0.3 is 14.8 Å². The van der Waals surface area contributed by atoms with Gasteiger partial charge >= 0.3 is 0 Å². The highest BCUT2D eigenvalue weighted by atomic mass is 19.1. The first kappa shape index (κ1) is 17.4. The number of rotatable bonds is 6. The highest BCUT2D eigenvalue weighted by Crippen LogP contribution is 2.21. The molecule has 3 aromatic rings. The van der Waals surface area contributed by atoms with Crippen LogP contribution in [0.15, 0.2) is 67.0 Å². The zero-order valence-electron chi connectivity index (χ0n) is 14.1. The molecule has 0 aliphatic heterocycles. The molecule has 132 valence electrons. The SMILES string of the molecule is COc1ccc(C(=O)Nc2cccc(OCc3cccnc3)c2)cc1F. The molecule has 0 radical (unpaired) electrons. The van der Waals surface area contributed by atoms with Crippen LogP contribution >= 0.6 is 0 Å². The van der Waals surface area contributed by atoms with Crippen molar-refractivity contribution in [1.82, 2.24) is 4.98 Å². The van der Waals surface area contributed by atoms with Crippen molar-refractivity contribution in [1.29, 1.82) is 0 Å². The second kappa shape index (κ2) is 8.11. The molecule has 0 unspecified atom stereocenters. The first-order valence-corrected chi connectivity index (χ1v) is 7.92. The molecule has 0 fully saturated rings. The topological polar surface area (TPSA) is 60.5 Å². The second-order valence-electron chi connectivity index (χ2n) is 5.48. The number of amides is 1. The minimum Gasteiger partial charge on any atom is -0.494 e. The van der Waals surface area contributed by atoms with Crippen molar-refractivity contribution < 1.29 is 18.7 Å². The van der Waals surface area contributed by atoms with Gasteiger partial charge in [0.25, 0.3) is 5.91 Å². The average molecular weight is 352 g/mol. The standard InChI is InChI=1S/C20H17FN2O3/c1-25-19-8-7-15(10-18(19)21)20(24)23-16-5-2-6-17(11-16)26-13-14-4-3-9-22-12-14/h2-12H,13H2,1H3,(H,23,24). The molecule has 0 bridgehead atoms. The lowest BCUT2D eigenvalue weighted by Gasteiger charge is -2.10. The summed E-state index contributed by atoms with van der Waals surface area (Å²) in [4.78, 5) is 16.3. The lowest BCUT2D eigenvalue weighted by atomic mass is 10.2. The van der Waals surface area contributed by atoms with Crippen LogP contribution in [0.1, 0.15) is 15.9 Å². The van der Waals surface area contributed by atoms with Crippen LogP contribution in [0.25, 0.3) is 0 Å². The van der Waals surface area contributed by atoms with Gasteiger partial charge in [0.2, 0.25) is 0 Å². The minimum absolute atomic E-state index is 0.0901. The molecule has 2 aromatic carbocycles. The number of nitrogens with one attached hydrogen (secondary N) is 1. The summed E-state index contributed by atoms with van der Waals surface area (Å²) in [6, 6.07) is 14.8. The van der Waals surface area contributed by atoms with Gasteiger partial charge in [0.1, 0.15) is 12.4 Å². The highest BCUT2D eigenvalue weighted by molar-refractivity contribution is 6.04. The first-order chi connectivity index (χ1) is 12.7. The van der Waals surface area contributed by atoms with Gasteiger partial charge in [-0.1, -0.05) is 12.1 Å². The lowest BCUT2D eigenvalue weighted by molar-refractivity contribution is 0.102. The Morgan fingerprint density at radius 1 is 1.15 bits per heavy atom. The summed E-state index contributed by atoms with van der Waals surface area (Å²) in [5.74, 6) is -0.315. The van der Waals surface area contributed by atoms with E-state index < -0.39 is 11.7 Å². The number of methoxy groups -OCH3 is 1. The van der Waals surface area contributed by atoms with Crippen LogP contribution in [0.5, 0.6) is 11.5 Å². The van der Waals surface area contributed by atoms with E-state index in [9.17, 15) is 9.18 Å². The predicted octanol–water partition coefficient (Wildman–Crippen LogP) is 4.06. The van der Waals surface area contributed by atoms with Gasteiger partial charge in [-0.3, -0.25) is 9.78 Å². The second-order valence-corrected chi connectivity index (χ2v) is 5.48. The van der Waals surface area contributed by atoms with Gasteiger partial charge in [-0.2, -0.15) is 0 Å². The molecule has 0 aliphatic carbocycles. The Morgan fingerprint density at radius 3 is 2.77 bits per heavy atom. The predicted molar refractivity (Wildman–Crippen MR) is 95.9 cm³/mol. The molecule has 5 nitrogen and oxygen atoms in total. The number of hydrogen-bond acceptors (Lipinski definition) is 4. The van der Waals surface area contributed by atoms with Crippen LogP contribution in [0.3, 0.4) is 0 Å². The molecular formula is C20H17FN2O3. The fourth-order valence-corrected chi connectivity index (χ4v) is 2.32. The number of carbonyl (C=O) groups is 1. The summed E-state index contributed by atoms with van der Waals surface area (Å²) in [6.45, 7) is 0.370. The summed E-state index contributed by atoms with van der Waals surface area (Å²) in [5, 5.41) is 2.72. The van der Waals surface area contributed by atoms with Crippen molar-refractivity contribution in [3.63, 3.8) is 0 Å². The maximum Gasteiger partial charge on any atom is 0.255 e. The molecule has 0 saturated heterocycles. The Bertz CT molecular complexity index is 901. The molecule has 0 saturated carbocycles.